The second kappa shape index (κ2) is 11.3. The molecule has 0 amide bonds. The summed E-state index contributed by atoms with van der Waals surface area (Å²) in [7, 11) is 0. The summed E-state index contributed by atoms with van der Waals surface area (Å²) in [5, 5.41) is 11.0. The van der Waals surface area contributed by atoms with Crippen LogP contribution in [0.1, 0.15) is 55.0 Å². The maximum absolute atomic E-state index is 11.0. The van der Waals surface area contributed by atoms with Gasteiger partial charge in [-0.15, -0.1) is 0 Å². The molecule has 1 atom stereocenters. The summed E-state index contributed by atoms with van der Waals surface area (Å²) in [6.45, 7) is 5.53. The van der Waals surface area contributed by atoms with Crippen molar-refractivity contribution in [1.82, 2.24) is 4.98 Å². The van der Waals surface area contributed by atoms with Gasteiger partial charge in [0.1, 0.15) is 12.4 Å². The van der Waals surface area contributed by atoms with Gasteiger partial charge in [-0.3, -0.25) is 0 Å². The molecule has 2 heterocycles. The van der Waals surface area contributed by atoms with Gasteiger partial charge in [-0.25, -0.2) is 4.98 Å². The zero-order valence-corrected chi connectivity index (χ0v) is 19.8. The smallest absolute Gasteiger partial charge is 0.217 e. The highest BCUT2D eigenvalue weighted by molar-refractivity contribution is 5.75. The van der Waals surface area contributed by atoms with Crippen molar-refractivity contribution in [2.45, 2.75) is 64.9 Å². The first kappa shape index (κ1) is 23.3. The van der Waals surface area contributed by atoms with Crippen molar-refractivity contribution in [2.24, 2.45) is 0 Å². The van der Waals surface area contributed by atoms with Crippen LogP contribution in [-0.2, 0) is 24.0 Å². The Morgan fingerprint density at radius 2 is 1.76 bits per heavy atom. The molecule has 4 heteroatoms. The first-order valence-corrected chi connectivity index (χ1v) is 12.2. The van der Waals surface area contributed by atoms with Crippen LogP contribution in [0, 0.1) is 6.92 Å². The van der Waals surface area contributed by atoms with E-state index in [1.807, 2.05) is 18.2 Å². The third-order valence-electron chi connectivity index (χ3n) is 6.37. The summed E-state index contributed by atoms with van der Waals surface area (Å²) in [6, 6.07) is 18.6. The average Bonchev–Trinajstić information content (AvgIpc) is 2.84. The van der Waals surface area contributed by atoms with Crippen LogP contribution >= 0.6 is 0 Å². The van der Waals surface area contributed by atoms with Crippen molar-refractivity contribution in [3.05, 3.63) is 77.0 Å². The Kier molecular flexibility index (Phi) is 8.01. The Labute approximate surface area is 197 Å². The molecule has 2 aromatic carbocycles. The lowest BCUT2D eigenvalue weighted by molar-refractivity contribution is -0.0120. The number of aromatic hydroxyl groups is 1. The van der Waals surface area contributed by atoms with Crippen molar-refractivity contribution < 1.29 is 14.6 Å². The molecule has 1 fully saturated rings. The SMILES string of the molecule is CCCc1ccc(CCc2nc(OCC3CCCCO3)cc(O)c2-c2ccccc2C)cc1. The predicted molar refractivity (Wildman–Crippen MR) is 133 cm³/mol. The Morgan fingerprint density at radius 1 is 1.00 bits per heavy atom. The van der Waals surface area contributed by atoms with Crippen molar-refractivity contribution in [3.8, 4) is 22.8 Å². The largest absolute Gasteiger partial charge is 0.507 e. The molecule has 0 saturated carbocycles. The zero-order chi connectivity index (χ0) is 23.0. The molecule has 4 nitrogen and oxygen atoms in total. The van der Waals surface area contributed by atoms with Crippen LogP contribution in [0.15, 0.2) is 54.6 Å². The molecular weight excluding hydrogens is 410 g/mol. The fourth-order valence-corrected chi connectivity index (χ4v) is 4.50. The number of hydrogen-bond donors (Lipinski definition) is 1. The average molecular weight is 446 g/mol. The molecule has 1 N–H and O–H groups in total. The summed E-state index contributed by atoms with van der Waals surface area (Å²) in [6.07, 6.45) is 7.23. The van der Waals surface area contributed by atoms with Crippen LogP contribution in [0.5, 0.6) is 11.6 Å². The van der Waals surface area contributed by atoms with Gasteiger partial charge in [-0.1, -0.05) is 61.9 Å². The number of aryl methyl sites for hydroxylation is 4. The molecule has 0 bridgehead atoms. The van der Waals surface area contributed by atoms with Gasteiger partial charge >= 0.3 is 0 Å². The second-order valence-electron chi connectivity index (χ2n) is 8.98. The molecule has 1 saturated heterocycles. The molecule has 1 aliphatic rings. The van der Waals surface area contributed by atoms with Gasteiger partial charge < -0.3 is 14.6 Å². The first-order valence-electron chi connectivity index (χ1n) is 12.2. The number of rotatable bonds is 9. The minimum absolute atomic E-state index is 0.101. The van der Waals surface area contributed by atoms with Crippen LogP contribution < -0.4 is 4.74 Å². The maximum atomic E-state index is 11.0. The van der Waals surface area contributed by atoms with E-state index in [9.17, 15) is 5.11 Å². The highest BCUT2D eigenvalue weighted by atomic mass is 16.5. The van der Waals surface area contributed by atoms with E-state index in [2.05, 4.69) is 44.2 Å². The van der Waals surface area contributed by atoms with Gasteiger partial charge in [-0.2, -0.15) is 0 Å². The second-order valence-corrected chi connectivity index (χ2v) is 8.98. The molecule has 0 spiro atoms. The summed E-state index contributed by atoms with van der Waals surface area (Å²) in [4.78, 5) is 4.86. The van der Waals surface area contributed by atoms with Gasteiger partial charge in [0.25, 0.3) is 0 Å². The topological polar surface area (TPSA) is 51.6 Å². The Morgan fingerprint density at radius 3 is 2.45 bits per heavy atom. The minimum atomic E-state index is 0.101. The van der Waals surface area contributed by atoms with Gasteiger partial charge in [0.15, 0.2) is 0 Å². The van der Waals surface area contributed by atoms with Crippen molar-refractivity contribution in [2.75, 3.05) is 13.2 Å². The monoisotopic (exact) mass is 445 g/mol. The Balaban J connectivity index is 1.58. The van der Waals surface area contributed by atoms with Crippen LogP contribution in [0.25, 0.3) is 11.1 Å². The van der Waals surface area contributed by atoms with E-state index >= 15 is 0 Å². The molecule has 0 aliphatic carbocycles. The van der Waals surface area contributed by atoms with Crippen molar-refractivity contribution >= 4 is 0 Å². The zero-order valence-electron chi connectivity index (χ0n) is 19.8. The highest BCUT2D eigenvalue weighted by Gasteiger charge is 2.19. The molecule has 1 unspecified atom stereocenters. The molecule has 33 heavy (non-hydrogen) atoms. The van der Waals surface area contributed by atoms with Crippen LogP contribution in [-0.4, -0.2) is 29.4 Å². The van der Waals surface area contributed by atoms with E-state index in [1.165, 1.54) is 17.5 Å². The van der Waals surface area contributed by atoms with Crippen LogP contribution in [0.4, 0.5) is 0 Å². The quantitative estimate of drug-likeness (QED) is 0.411. The molecule has 1 aromatic heterocycles. The molecule has 0 radical (unpaired) electrons. The van der Waals surface area contributed by atoms with E-state index in [1.54, 1.807) is 6.07 Å². The number of pyridine rings is 1. The first-order chi connectivity index (χ1) is 16.1. The number of nitrogens with zero attached hydrogens (tertiary/aromatic N) is 1. The summed E-state index contributed by atoms with van der Waals surface area (Å²) < 4.78 is 11.8. The molecule has 3 aromatic rings. The molecular formula is C29H35NO3. The van der Waals surface area contributed by atoms with E-state index in [-0.39, 0.29) is 11.9 Å². The third kappa shape index (κ3) is 6.14. The summed E-state index contributed by atoms with van der Waals surface area (Å²) >= 11 is 0. The van der Waals surface area contributed by atoms with E-state index in [0.717, 1.165) is 67.5 Å². The van der Waals surface area contributed by atoms with E-state index in [0.29, 0.717) is 12.5 Å². The lowest BCUT2D eigenvalue weighted by atomic mass is 9.95. The fraction of sp³-hybridized carbons (Fsp3) is 0.414. The maximum Gasteiger partial charge on any atom is 0.217 e. The van der Waals surface area contributed by atoms with E-state index < -0.39 is 0 Å². The normalized spacial score (nSPS) is 16.0. The van der Waals surface area contributed by atoms with Gasteiger partial charge in [-0.05, 0) is 67.7 Å². The van der Waals surface area contributed by atoms with Gasteiger partial charge in [0, 0.05) is 18.2 Å². The number of benzene rings is 2. The van der Waals surface area contributed by atoms with Crippen LogP contribution in [0.2, 0.25) is 0 Å². The Hall–Kier alpha value is -2.85. The third-order valence-corrected chi connectivity index (χ3v) is 6.37. The lowest BCUT2D eigenvalue weighted by Crippen LogP contribution is -2.26. The van der Waals surface area contributed by atoms with Crippen LogP contribution in [0.3, 0.4) is 0 Å². The molecule has 4 rings (SSSR count). The summed E-state index contributed by atoms with van der Waals surface area (Å²) in [5.41, 5.74) is 6.44. The highest BCUT2D eigenvalue weighted by Crippen LogP contribution is 2.37. The number of aromatic nitrogens is 1. The number of ether oxygens (including phenoxy) is 2. The van der Waals surface area contributed by atoms with Gasteiger partial charge in [0.2, 0.25) is 5.88 Å². The van der Waals surface area contributed by atoms with Gasteiger partial charge in [0.05, 0.1) is 11.8 Å². The van der Waals surface area contributed by atoms with Crippen molar-refractivity contribution in [1.29, 1.82) is 0 Å². The fourth-order valence-electron chi connectivity index (χ4n) is 4.50. The van der Waals surface area contributed by atoms with Crippen molar-refractivity contribution in [3.63, 3.8) is 0 Å². The standard InChI is InChI=1S/C29H35NO3/c1-3-8-22-12-14-23(15-13-22)16-17-26-29(25-11-5-4-9-21(25)2)27(31)19-28(30-26)33-20-24-10-6-7-18-32-24/h4-5,9,11-15,19,24H,3,6-8,10,16-18,20H2,1-2H3,(H,30,31). The summed E-state index contributed by atoms with van der Waals surface area (Å²) in [5.74, 6) is 0.680. The lowest BCUT2D eigenvalue weighted by Gasteiger charge is -2.23. The molecule has 1 aliphatic heterocycles. The Bertz CT molecular complexity index is 1040. The molecule has 174 valence electrons. The minimum Gasteiger partial charge on any atom is -0.507 e. The van der Waals surface area contributed by atoms with E-state index in [4.69, 9.17) is 14.5 Å². The predicted octanol–water partition coefficient (Wildman–Crippen LogP) is 6.45. The number of hydrogen-bond acceptors (Lipinski definition) is 4.